The van der Waals surface area contributed by atoms with Crippen molar-refractivity contribution in [2.75, 3.05) is 6.54 Å². The van der Waals surface area contributed by atoms with Crippen molar-refractivity contribution in [2.24, 2.45) is 0 Å². The number of amides is 1. The maximum atomic E-state index is 12.9. The van der Waals surface area contributed by atoms with Gasteiger partial charge >= 0.3 is 6.09 Å². The van der Waals surface area contributed by atoms with Gasteiger partial charge in [0.15, 0.2) is 0 Å². The first kappa shape index (κ1) is 25.4. The molecule has 1 aromatic heterocycles. The molecule has 9 heteroatoms. The van der Waals surface area contributed by atoms with Gasteiger partial charge in [-0.05, 0) is 67.8 Å². The second kappa shape index (κ2) is 10.1. The van der Waals surface area contributed by atoms with Gasteiger partial charge in [0.1, 0.15) is 5.82 Å². The summed E-state index contributed by atoms with van der Waals surface area (Å²) in [4.78, 5) is 16.5. The number of aliphatic hydroxyl groups excluding tert-OH is 1. The minimum absolute atomic E-state index is 0.0521. The van der Waals surface area contributed by atoms with Crippen molar-refractivity contribution in [3.8, 4) is 5.69 Å². The van der Waals surface area contributed by atoms with Crippen molar-refractivity contribution in [1.82, 2.24) is 13.9 Å². The van der Waals surface area contributed by atoms with Crippen molar-refractivity contribution < 1.29 is 23.4 Å². The van der Waals surface area contributed by atoms with Crippen LogP contribution in [0.1, 0.15) is 42.5 Å². The molecule has 1 amide bonds. The topological polar surface area (TPSA) is 113 Å². The number of benzene rings is 3. The Hall–Kier alpha value is -3.69. The summed E-state index contributed by atoms with van der Waals surface area (Å²) >= 11 is 0. The lowest BCUT2D eigenvalue weighted by atomic mass is 10.1. The van der Waals surface area contributed by atoms with Gasteiger partial charge < -0.3 is 10.2 Å². The third kappa shape index (κ3) is 4.98. The standard InChI is InChI=1S/C27H29N3O5S/c1-4-26-28-24-17-21(19(3)31)9-14-25(24)30(26)22-10-7-20(8-11-22)15-16-29(27(32)33)36(34,35)23-12-5-18(2)6-13-23/h5-14,17,19,31H,4,15-16H2,1-3H3,(H,32,33). The molecular weight excluding hydrogens is 478 g/mol. The van der Waals surface area contributed by atoms with Gasteiger partial charge in [0.05, 0.1) is 22.0 Å². The summed E-state index contributed by atoms with van der Waals surface area (Å²) in [5, 5.41) is 19.5. The molecule has 0 spiro atoms. The molecule has 8 nitrogen and oxygen atoms in total. The quantitative estimate of drug-likeness (QED) is 0.352. The fraction of sp³-hybridized carbons (Fsp3) is 0.259. The van der Waals surface area contributed by atoms with Gasteiger partial charge in [-0.15, -0.1) is 0 Å². The maximum absolute atomic E-state index is 12.9. The molecule has 4 rings (SSSR count). The highest BCUT2D eigenvalue weighted by atomic mass is 32.2. The molecule has 0 saturated carbocycles. The van der Waals surface area contributed by atoms with Crippen LogP contribution in [0.2, 0.25) is 0 Å². The number of aliphatic hydroxyl groups is 1. The van der Waals surface area contributed by atoms with Crippen molar-refractivity contribution in [1.29, 1.82) is 0 Å². The van der Waals surface area contributed by atoms with E-state index in [0.717, 1.165) is 39.2 Å². The zero-order valence-corrected chi connectivity index (χ0v) is 21.2. The molecular formula is C27H29N3O5S. The van der Waals surface area contributed by atoms with Crippen LogP contribution in [-0.2, 0) is 22.9 Å². The van der Waals surface area contributed by atoms with Gasteiger partial charge in [-0.25, -0.2) is 22.5 Å². The third-order valence-corrected chi connectivity index (χ3v) is 7.95. The molecule has 188 valence electrons. The first-order valence-corrected chi connectivity index (χ1v) is 13.2. The number of fused-ring (bicyclic) bond motifs is 1. The van der Waals surface area contributed by atoms with Gasteiger partial charge in [-0.1, -0.05) is 42.8 Å². The molecule has 3 aromatic carbocycles. The Morgan fingerprint density at radius 2 is 1.72 bits per heavy atom. The van der Waals surface area contributed by atoms with E-state index in [1.807, 2.05) is 56.3 Å². The molecule has 1 unspecified atom stereocenters. The van der Waals surface area contributed by atoms with Crippen molar-refractivity contribution in [2.45, 2.75) is 44.6 Å². The number of nitrogens with zero attached hydrogens (tertiary/aromatic N) is 3. The smallest absolute Gasteiger partial charge is 0.421 e. The van der Waals surface area contributed by atoms with Crippen LogP contribution in [-0.4, -0.2) is 45.1 Å². The highest BCUT2D eigenvalue weighted by Gasteiger charge is 2.28. The van der Waals surface area contributed by atoms with Gasteiger partial charge in [-0.2, -0.15) is 0 Å². The molecule has 0 aliphatic heterocycles. The van der Waals surface area contributed by atoms with E-state index >= 15 is 0 Å². The summed E-state index contributed by atoms with van der Waals surface area (Å²) in [6, 6.07) is 19.4. The molecule has 1 atom stereocenters. The number of hydrogen-bond acceptors (Lipinski definition) is 5. The fourth-order valence-corrected chi connectivity index (χ4v) is 5.40. The number of aromatic nitrogens is 2. The van der Waals surface area contributed by atoms with Gasteiger partial charge in [-0.3, -0.25) is 4.57 Å². The zero-order valence-electron chi connectivity index (χ0n) is 20.4. The van der Waals surface area contributed by atoms with Crippen LogP contribution in [0.5, 0.6) is 0 Å². The lowest BCUT2D eigenvalue weighted by Gasteiger charge is -2.19. The van der Waals surface area contributed by atoms with E-state index in [4.69, 9.17) is 4.98 Å². The van der Waals surface area contributed by atoms with E-state index in [9.17, 15) is 23.4 Å². The van der Waals surface area contributed by atoms with Crippen LogP contribution in [0.4, 0.5) is 4.79 Å². The maximum Gasteiger partial charge on any atom is 0.421 e. The van der Waals surface area contributed by atoms with Crippen LogP contribution in [0.3, 0.4) is 0 Å². The number of carbonyl (C=O) groups is 1. The molecule has 0 fully saturated rings. The number of hydrogen-bond donors (Lipinski definition) is 2. The highest BCUT2D eigenvalue weighted by molar-refractivity contribution is 7.89. The number of aryl methyl sites for hydroxylation is 2. The van der Waals surface area contributed by atoms with E-state index in [0.29, 0.717) is 10.7 Å². The Morgan fingerprint density at radius 1 is 1.06 bits per heavy atom. The molecule has 0 bridgehead atoms. The van der Waals surface area contributed by atoms with E-state index in [-0.39, 0.29) is 17.9 Å². The summed E-state index contributed by atoms with van der Waals surface area (Å²) in [6.07, 6.45) is -1.14. The number of carboxylic acid groups (broad SMARTS) is 1. The van der Waals surface area contributed by atoms with E-state index in [1.165, 1.54) is 12.1 Å². The Kier molecular flexibility index (Phi) is 7.14. The molecule has 36 heavy (non-hydrogen) atoms. The van der Waals surface area contributed by atoms with Crippen LogP contribution >= 0.6 is 0 Å². The predicted octanol–water partition coefficient (Wildman–Crippen LogP) is 4.86. The van der Waals surface area contributed by atoms with E-state index < -0.39 is 22.2 Å². The molecule has 4 aromatic rings. The minimum atomic E-state index is -4.17. The molecule has 0 aliphatic rings. The zero-order chi connectivity index (χ0) is 26.0. The van der Waals surface area contributed by atoms with E-state index in [2.05, 4.69) is 4.57 Å². The normalized spacial score (nSPS) is 12.6. The first-order chi connectivity index (χ1) is 17.1. The lowest BCUT2D eigenvalue weighted by molar-refractivity contribution is 0.172. The van der Waals surface area contributed by atoms with Crippen molar-refractivity contribution in [3.63, 3.8) is 0 Å². The average Bonchev–Trinajstić information content (AvgIpc) is 3.22. The Balaban J connectivity index is 1.57. The molecule has 2 N–H and O–H groups in total. The average molecular weight is 508 g/mol. The lowest BCUT2D eigenvalue weighted by Crippen LogP contribution is -2.37. The third-order valence-electron chi connectivity index (χ3n) is 6.17. The summed E-state index contributed by atoms with van der Waals surface area (Å²) < 4.78 is 28.3. The molecule has 0 radical (unpaired) electrons. The largest absolute Gasteiger partial charge is 0.464 e. The Morgan fingerprint density at radius 3 is 2.31 bits per heavy atom. The first-order valence-electron chi connectivity index (χ1n) is 11.7. The summed E-state index contributed by atoms with van der Waals surface area (Å²) in [5.74, 6) is 0.877. The van der Waals surface area contributed by atoms with E-state index in [1.54, 1.807) is 19.1 Å². The monoisotopic (exact) mass is 507 g/mol. The number of imidazole rings is 1. The predicted molar refractivity (Wildman–Crippen MR) is 138 cm³/mol. The SMILES string of the molecule is CCc1nc2cc(C(C)O)ccc2n1-c1ccc(CCN(C(=O)O)S(=O)(=O)c2ccc(C)cc2)cc1. The molecule has 0 aliphatic carbocycles. The molecule has 0 saturated heterocycles. The summed E-state index contributed by atoms with van der Waals surface area (Å²) in [7, 11) is -4.17. The number of sulfonamides is 1. The van der Waals surface area contributed by atoms with Gasteiger partial charge in [0, 0.05) is 18.7 Å². The van der Waals surface area contributed by atoms with Crippen molar-refractivity contribution >= 4 is 27.1 Å². The van der Waals surface area contributed by atoms with Gasteiger partial charge in [0.2, 0.25) is 0 Å². The van der Waals surface area contributed by atoms with Gasteiger partial charge in [0.25, 0.3) is 10.0 Å². The van der Waals surface area contributed by atoms with Crippen molar-refractivity contribution in [3.05, 3.63) is 89.2 Å². The summed E-state index contributed by atoms with van der Waals surface area (Å²) in [5.41, 5.74) is 5.11. The minimum Gasteiger partial charge on any atom is -0.464 e. The Bertz CT molecular complexity index is 1490. The number of rotatable bonds is 8. The Labute approximate surface area is 210 Å². The van der Waals surface area contributed by atoms with Crippen LogP contribution in [0, 0.1) is 6.92 Å². The fourth-order valence-electron chi connectivity index (χ4n) is 4.13. The van der Waals surface area contributed by atoms with Crippen LogP contribution < -0.4 is 0 Å². The van der Waals surface area contributed by atoms with Crippen LogP contribution in [0.15, 0.2) is 71.6 Å². The summed E-state index contributed by atoms with van der Waals surface area (Å²) in [6.45, 7) is 5.38. The second-order valence-electron chi connectivity index (χ2n) is 8.73. The van der Waals surface area contributed by atoms with Crippen LogP contribution in [0.25, 0.3) is 16.7 Å². The molecule has 1 heterocycles. The highest BCUT2D eigenvalue weighted by Crippen LogP contribution is 2.26. The second-order valence-corrected chi connectivity index (χ2v) is 10.6.